The summed E-state index contributed by atoms with van der Waals surface area (Å²) in [6, 6.07) is 0.952. The lowest BCUT2D eigenvalue weighted by molar-refractivity contribution is -0.141. The smallest absolute Gasteiger partial charge is 0.265 e. The van der Waals surface area contributed by atoms with Crippen molar-refractivity contribution in [2.45, 2.75) is 12.7 Å². The topological polar surface area (TPSA) is 30.7 Å². The van der Waals surface area contributed by atoms with Crippen LogP contribution in [0.4, 0.5) is 13.2 Å². The van der Waals surface area contributed by atoms with Crippen LogP contribution in [-0.4, -0.2) is 14.8 Å². The third-order valence-electron chi connectivity index (χ3n) is 1.71. The van der Waals surface area contributed by atoms with Gasteiger partial charge in [-0.15, -0.1) is 11.3 Å². The van der Waals surface area contributed by atoms with E-state index in [1.807, 2.05) is 0 Å². The molecule has 7 heteroatoms. The van der Waals surface area contributed by atoms with Crippen LogP contribution >= 0.6 is 11.3 Å². The Morgan fingerprint density at radius 2 is 2.20 bits per heavy atom. The number of rotatable bonds is 2. The molecule has 2 heterocycles. The molecule has 0 aliphatic heterocycles. The van der Waals surface area contributed by atoms with Gasteiger partial charge in [-0.2, -0.15) is 18.3 Å². The molecular weight excluding hydrogens is 227 g/mol. The molecular formula is C8H6F3N3S. The molecule has 0 aromatic carbocycles. The molecule has 0 bridgehead atoms. The van der Waals surface area contributed by atoms with Gasteiger partial charge in [0, 0.05) is 17.8 Å². The number of hydrogen-bond donors (Lipinski definition) is 0. The molecule has 2 rings (SSSR count). The molecule has 80 valence electrons. The highest BCUT2D eigenvalue weighted by molar-refractivity contribution is 7.09. The molecule has 0 fully saturated rings. The predicted octanol–water partition coefficient (Wildman–Crippen LogP) is 2.41. The van der Waals surface area contributed by atoms with E-state index in [9.17, 15) is 13.2 Å². The molecule has 0 spiro atoms. The van der Waals surface area contributed by atoms with Gasteiger partial charge in [-0.3, -0.25) is 4.68 Å². The summed E-state index contributed by atoms with van der Waals surface area (Å²) in [5.74, 6) is 0. The number of thiazole rings is 1. The maximum Gasteiger partial charge on any atom is 0.435 e. The molecule has 15 heavy (non-hydrogen) atoms. The summed E-state index contributed by atoms with van der Waals surface area (Å²) >= 11 is 1.38. The number of nitrogens with zero attached hydrogens (tertiary/aromatic N) is 3. The Balaban J connectivity index is 2.15. The third kappa shape index (κ3) is 2.35. The second kappa shape index (κ2) is 3.65. The van der Waals surface area contributed by atoms with Gasteiger partial charge < -0.3 is 0 Å². The van der Waals surface area contributed by atoms with E-state index in [1.165, 1.54) is 22.2 Å². The van der Waals surface area contributed by atoms with Crippen molar-refractivity contribution >= 4 is 11.3 Å². The molecule has 0 aliphatic carbocycles. The van der Waals surface area contributed by atoms with E-state index in [1.54, 1.807) is 11.6 Å². The zero-order valence-corrected chi connectivity index (χ0v) is 8.22. The van der Waals surface area contributed by atoms with Crippen LogP contribution in [0.15, 0.2) is 23.8 Å². The van der Waals surface area contributed by atoms with Crippen molar-refractivity contribution in [3.8, 4) is 0 Å². The second-order valence-electron chi connectivity index (χ2n) is 2.82. The zero-order valence-electron chi connectivity index (χ0n) is 7.40. The van der Waals surface area contributed by atoms with Gasteiger partial charge >= 0.3 is 6.18 Å². The minimum absolute atomic E-state index is 0.272. The van der Waals surface area contributed by atoms with Gasteiger partial charge in [0.15, 0.2) is 5.69 Å². The maximum absolute atomic E-state index is 12.2. The predicted molar refractivity (Wildman–Crippen MR) is 48.4 cm³/mol. The average Bonchev–Trinajstić information content (AvgIpc) is 2.73. The lowest BCUT2D eigenvalue weighted by atomic mass is 10.4. The Bertz CT molecular complexity index is 432. The summed E-state index contributed by atoms with van der Waals surface area (Å²) in [5.41, 5.74) is -0.876. The van der Waals surface area contributed by atoms with E-state index in [2.05, 4.69) is 10.1 Å². The van der Waals surface area contributed by atoms with Crippen LogP contribution in [-0.2, 0) is 12.7 Å². The van der Waals surface area contributed by atoms with Crippen molar-refractivity contribution in [1.29, 1.82) is 0 Å². The van der Waals surface area contributed by atoms with Crippen LogP contribution < -0.4 is 0 Å². The molecule has 0 saturated carbocycles. The molecule has 0 saturated heterocycles. The third-order valence-corrected chi connectivity index (χ3v) is 2.48. The molecule has 2 aromatic heterocycles. The van der Waals surface area contributed by atoms with E-state index in [0.717, 1.165) is 11.1 Å². The van der Waals surface area contributed by atoms with Crippen molar-refractivity contribution in [3.05, 3.63) is 34.5 Å². The monoisotopic (exact) mass is 233 g/mol. The van der Waals surface area contributed by atoms with Gasteiger partial charge in [-0.1, -0.05) is 0 Å². The molecule has 0 unspecified atom stereocenters. The van der Waals surface area contributed by atoms with Gasteiger partial charge in [0.05, 0.1) is 6.54 Å². The summed E-state index contributed by atoms with van der Waals surface area (Å²) in [6.45, 7) is 0.272. The normalized spacial score (nSPS) is 11.9. The Hall–Kier alpha value is -1.37. The Kier molecular flexibility index (Phi) is 2.47. The first-order chi connectivity index (χ1) is 7.05. The highest BCUT2D eigenvalue weighted by Gasteiger charge is 2.33. The first-order valence-electron chi connectivity index (χ1n) is 4.05. The van der Waals surface area contributed by atoms with Gasteiger partial charge in [-0.25, -0.2) is 4.98 Å². The van der Waals surface area contributed by atoms with Crippen LogP contribution in [0.3, 0.4) is 0 Å². The second-order valence-corrected chi connectivity index (χ2v) is 3.80. The SMILES string of the molecule is FC(F)(F)c1ccn(Cc2nccs2)n1. The standard InChI is InChI=1S/C8H6F3N3S/c9-8(10,11)6-1-3-14(13-6)5-7-12-2-4-15-7/h1-4H,5H2. The summed E-state index contributed by atoms with van der Waals surface area (Å²) < 4.78 is 37.8. The number of halogens is 3. The Labute approximate surface area is 87.2 Å². The fourth-order valence-corrected chi connectivity index (χ4v) is 1.68. The average molecular weight is 233 g/mol. The number of aromatic nitrogens is 3. The minimum Gasteiger partial charge on any atom is -0.265 e. The molecule has 0 amide bonds. The molecule has 0 atom stereocenters. The summed E-state index contributed by atoms with van der Waals surface area (Å²) in [5, 5.41) is 5.91. The summed E-state index contributed by atoms with van der Waals surface area (Å²) in [6.07, 6.45) is -1.48. The van der Waals surface area contributed by atoms with Gasteiger partial charge in [-0.05, 0) is 6.07 Å². The molecule has 0 aliphatic rings. The first-order valence-corrected chi connectivity index (χ1v) is 4.93. The minimum atomic E-state index is -4.38. The van der Waals surface area contributed by atoms with Crippen LogP contribution in [0.25, 0.3) is 0 Å². The van der Waals surface area contributed by atoms with Crippen molar-refractivity contribution in [3.63, 3.8) is 0 Å². The van der Waals surface area contributed by atoms with Crippen LogP contribution in [0, 0.1) is 0 Å². The fourth-order valence-electron chi connectivity index (χ4n) is 1.07. The lowest BCUT2D eigenvalue weighted by Crippen LogP contribution is -2.08. The van der Waals surface area contributed by atoms with Gasteiger partial charge in [0.25, 0.3) is 0 Å². The van der Waals surface area contributed by atoms with Crippen molar-refractivity contribution < 1.29 is 13.2 Å². The summed E-state index contributed by atoms with van der Waals surface area (Å²) in [4.78, 5) is 3.96. The van der Waals surface area contributed by atoms with E-state index in [4.69, 9.17) is 0 Å². The molecule has 0 radical (unpaired) electrons. The molecule has 3 nitrogen and oxygen atoms in total. The van der Waals surface area contributed by atoms with E-state index < -0.39 is 11.9 Å². The molecule has 0 N–H and O–H groups in total. The number of hydrogen-bond acceptors (Lipinski definition) is 3. The Morgan fingerprint density at radius 3 is 2.73 bits per heavy atom. The number of alkyl halides is 3. The lowest BCUT2D eigenvalue weighted by Gasteiger charge is -2.01. The highest BCUT2D eigenvalue weighted by atomic mass is 32.1. The largest absolute Gasteiger partial charge is 0.435 e. The van der Waals surface area contributed by atoms with Crippen molar-refractivity contribution in [2.75, 3.05) is 0 Å². The van der Waals surface area contributed by atoms with Crippen LogP contribution in [0.2, 0.25) is 0 Å². The van der Waals surface area contributed by atoms with Crippen molar-refractivity contribution in [2.24, 2.45) is 0 Å². The quantitative estimate of drug-likeness (QED) is 0.797. The van der Waals surface area contributed by atoms with E-state index in [0.29, 0.717) is 0 Å². The summed E-state index contributed by atoms with van der Waals surface area (Å²) in [7, 11) is 0. The van der Waals surface area contributed by atoms with Gasteiger partial charge in [0.1, 0.15) is 5.01 Å². The van der Waals surface area contributed by atoms with E-state index in [-0.39, 0.29) is 6.54 Å². The van der Waals surface area contributed by atoms with Crippen molar-refractivity contribution in [1.82, 2.24) is 14.8 Å². The first kappa shape index (κ1) is 10.2. The maximum atomic E-state index is 12.2. The highest BCUT2D eigenvalue weighted by Crippen LogP contribution is 2.27. The van der Waals surface area contributed by atoms with Crippen LogP contribution in [0.1, 0.15) is 10.7 Å². The molecule has 2 aromatic rings. The fraction of sp³-hybridized carbons (Fsp3) is 0.250. The van der Waals surface area contributed by atoms with E-state index >= 15 is 0 Å². The zero-order chi connectivity index (χ0) is 10.9. The van der Waals surface area contributed by atoms with Gasteiger partial charge in [0.2, 0.25) is 0 Å². The Morgan fingerprint density at radius 1 is 1.40 bits per heavy atom. The van der Waals surface area contributed by atoms with Crippen LogP contribution in [0.5, 0.6) is 0 Å².